The number of benzene rings is 4. The lowest BCUT2D eigenvalue weighted by atomic mass is 9.80. The Balaban J connectivity index is 0.000000300. The molecule has 56 heavy (non-hydrogen) atoms. The van der Waals surface area contributed by atoms with Gasteiger partial charge in [-0.2, -0.15) is 0 Å². The average Bonchev–Trinajstić information content (AvgIpc) is 3.12. The summed E-state index contributed by atoms with van der Waals surface area (Å²) in [6.45, 7) is 0. The summed E-state index contributed by atoms with van der Waals surface area (Å²) in [5, 5.41) is 77.4. The Labute approximate surface area is 342 Å². The Morgan fingerprint density at radius 1 is 0.429 bits per heavy atom. The second kappa shape index (κ2) is 21.4. The molecule has 0 heterocycles. The molecule has 0 radical (unpaired) electrons. The number of carboxylic acids is 4. The van der Waals surface area contributed by atoms with E-state index >= 15 is 0 Å². The topological polar surface area (TPSA) is 230 Å². The van der Waals surface area contributed by atoms with Gasteiger partial charge in [0.15, 0.2) is 0 Å². The zero-order valence-electron chi connectivity index (χ0n) is 29.6. The molecule has 16 heteroatoms. The number of hydrogen-bond donors (Lipinski definition) is 8. The molecule has 0 aliphatic rings. The highest BCUT2D eigenvalue weighted by atomic mass is 35.5. The molecule has 0 saturated heterocycles. The molecule has 0 fully saturated rings. The SMILES string of the molecule is O=C(O)CC[C@@H](Cc1ccc(Cl)c(O)c1)[C@H](Cc1ccc(Cl)c(O)c1)C(=O)O.O=C(O)CC[C@H](Cc1ccc(Cl)c(O)c1)[C@@H](Cc1ccc(Cl)c(O)c1)C(=O)O. The monoisotopic (exact) mass is 852 g/mol. The molecule has 12 nitrogen and oxygen atoms in total. The molecule has 0 spiro atoms. The van der Waals surface area contributed by atoms with E-state index in [1.807, 2.05) is 0 Å². The van der Waals surface area contributed by atoms with Crippen LogP contribution in [0, 0.1) is 23.7 Å². The van der Waals surface area contributed by atoms with E-state index in [1.54, 1.807) is 24.3 Å². The summed E-state index contributed by atoms with van der Waals surface area (Å²) in [5.74, 6) is -7.49. The predicted molar refractivity (Wildman–Crippen MR) is 210 cm³/mol. The van der Waals surface area contributed by atoms with E-state index < -0.39 is 47.5 Å². The quantitative estimate of drug-likeness (QED) is 0.0470. The second-order valence-corrected chi connectivity index (χ2v) is 14.9. The van der Waals surface area contributed by atoms with Crippen LogP contribution >= 0.6 is 46.4 Å². The summed E-state index contributed by atoms with van der Waals surface area (Å²) < 4.78 is 0. The number of rotatable bonds is 18. The number of phenols is 4. The van der Waals surface area contributed by atoms with E-state index in [2.05, 4.69) is 0 Å². The first kappa shape index (κ1) is 45.5. The second-order valence-electron chi connectivity index (χ2n) is 13.2. The van der Waals surface area contributed by atoms with Crippen LogP contribution in [-0.2, 0) is 44.9 Å². The van der Waals surface area contributed by atoms with Crippen molar-refractivity contribution < 1.29 is 60.0 Å². The molecule has 0 unspecified atom stereocenters. The van der Waals surface area contributed by atoms with Gasteiger partial charge in [0.1, 0.15) is 23.0 Å². The van der Waals surface area contributed by atoms with E-state index in [4.69, 9.17) is 56.6 Å². The molecule has 0 saturated carbocycles. The molecular weight excluding hydrogens is 814 g/mol. The molecule has 4 rings (SSSR count). The molecule has 4 atom stereocenters. The number of carbonyl (C=O) groups is 4. The van der Waals surface area contributed by atoms with Crippen LogP contribution in [0.15, 0.2) is 72.8 Å². The molecule has 8 N–H and O–H groups in total. The van der Waals surface area contributed by atoms with Gasteiger partial charge < -0.3 is 40.9 Å². The van der Waals surface area contributed by atoms with Gasteiger partial charge in [-0.25, -0.2) is 0 Å². The summed E-state index contributed by atoms with van der Waals surface area (Å²) in [4.78, 5) is 46.0. The number of carboxylic acid groups (broad SMARTS) is 4. The Morgan fingerprint density at radius 2 is 0.679 bits per heavy atom. The highest BCUT2D eigenvalue weighted by molar-refractivity contribution is 6.32. The summed E-state index contributed by atoms with van der Waals surface area (Å²) >= 11 is 23.2. The number of hydrogen-bond acceptors (Lipinski definition) is 8. The molecule has 0 bridgehead atoms. The van der Waals surface area contributed by atoms with E-state index in [1.165, 1.54) is 48.5 Å². The number of halogens is 4. The lowest BCUT2D eigenvalue weighted by molar-refractivity contribution is -0.145. The molecule has 0 aliphatic heterocycles. The zero-order valence-corrected chi connectivity index (χ0v) is 32.6. The minimum absolute atomic E-state index is 0.101. The van der Waals surface area contributed by atoms with Gasteiger partial charge >= 0.3 is 23.9 Å². The van der Waals surface area contributed by atoms with E-state index in [0.717, 1.165) is 0 Å². The average molecular weight is 855 g/mol. The number of aliphatic carboxylic acids is 4. The summed E-state index contributed by atoms with van der Waals surface area (Å²) in [5.41, 5.74) is 2.46. The summed E-state index contributed by atoms with van der Waals surface area (Å²) in [6.07, 6.45) is 0.654. The lowest BCUT2D eigenvalue weighted by Crippen LogP contribution is -2.28. The van der Waals surface area contributed by atoms with Crippen LogP contribution in [-0.4, -0.2) is 64.7 Å². The van der Waals surface area contributed by atoms with Crippen molar-refractivity contribution in [3.63, 3.8) is 0 Å². The highest BCUT2D eigenvalue weighted by Crippen LogP contribution is 2.34. The Kier molecular flexibility index (Phi) is 17.4. The summed E-state index contributed by atoms with van der Waals surface area (Å²) in [7, 11) is 0. The Morgan fingerprint density at radius 3 is 0.893 bits per heavy atom. The fraction of sp³-hybridized carbons (Fsp3) is 0.300. The zero-order chi connectivity index (χ0) is 41.7. The van der Waals surface area contributed by atoms with Gasteiger partial charge in [-0.3, -0.25) is 19.2 Å². The van der Waals surface area contributed by atoms with Crippen LogP contribution in [0.1, 0.15) is 47.9 Å². The molecular formula is C40H40Cl4O12. The Bertz CT molecular complexity index is 1880. The molecule has 300 valence electrons. The van der Waals surface area contributed by atoms with E-state index in [9.17, 15) is 49.8 Å². The van der Waals surface area contributed by atoms with Gasteiger partial charge in [-0.1, -0.05) is 70.7 Å². The van der Waals surface area contributed by atoms with Crippen LogP contribution in [0.3, 0.4) is 0 Å². The first-order valence-electron chi connectivity index (χ1n) is 17.1. The fourth-order valence-corrected chi connectivity index (χ4v) is 6.74. The van der Waals surface area contributed by atoms with Crippen molar-refractivity contribution in [1.29, 1.82) is 0 Å². The van der Waals surface area contributed by atoms with E-state index in [0.29, 0.717) is 22.3 Å². The third-order valence-corrected chi connectivity index (χ3v) is 10.5. The maximum atomic E-state index is 11.9. The van der Waals surface area contributed by atoms with Crippen LogP contribution in [0.25, 0.3) is 0 Å². The first-order chi connectivity index (χ1) is 26.3. The highest BCUT2D eigenvalue weighted by Gasteiger charge is 2.31. The smallest absolute Gasteiger partial charge is 0.307 e. The van der Waals surface area contributed by atoms with Gasteiger partial charge in [0.2, 0.25) is 0 Å². The van der Waals surface area contributed by atoms with Crippen LogP contribution in [0.2, 0.25) is 20.1 Å². The molecule has 4 aromatic rings. The normalized spacial score (nSPS) is 13.1. The van der Waals surface area contributed by atoms with Gasteiger partial charge in [0, 0.05) is 12.8 Å². The minimum atomic E-state index is -1.07. The third kappa shape index (κ3) is 14.3. The van der Waals surface area contributed by atoms with Gasteiger partial charge in [-0.15, -0.1) is 0 Å². The van der Waals surface area contributed by atoms with Crippen LogP contribution in [0.5, 0.6) is 23.0 Å². The standard InChI is InChI=1S/2C20H20Cl2O6/c2*21-15-4-1-11(9-17(15)23)7-13(3-6-19(25)26)14(20(27)28)8-12-2-5-16(22)18(24)10-12/h2*1-2,4-5,9-10,13-14,23-24H,3,6-8H2,(H,25,26)(H,27,28)/t2*13-,14-/m10/s1. The van der Waals surface area contributed by atoms with Crippen LogP contribution in [0.4, 0.5) is 0 Å². The maximum Gasteiger partial charge on any atom is 0.307 e. The van der Waals surface area contributed by atoms with Crippen molar-refractivity contribution in [2.24, 2.45) is 23.7 Å². The molecule has 0 aromatic heterocycles. The molecule has 0 amide bonds. The summed E-state index contributed by atoms with van der Waals surface area (Å²) in [6, 6.07) is 18.3. The van der Waals surface area contributed by atoms with Crippen LogP contribution < -0.4 is 0 Å². The third-order valence-electron chi connectivity index (χ3n) is 9.18. The number of aromatic hydroxyl groups is 4. The molecule has 4 aromatic carbocycles. The van der Waals surface area contributed by atoms with Crippen molar-refractivity contribution in [2.45, 2.75) is 51.4 Å². The van der Waals surface area contributed by atoms with Crippen molar-refractivity contribution >= 4 is 70.3 Å². The van der Waals surface area contributed by atoms with Crippen molar-refractivity contribution in [1.82, 2.24) is 0 Å². The van der Waals surface area contributed by atoms with Crippen molar-refractivity contribution in [2.75, 3.05) is 0 Å². The fourth-order valence-electron chi connectivity index (χ4n) is 6.27. The minimum Gasteiger partial charge on any atom is -0.506 e. The van der Waals surface area contributed by atoms with E-state index in [-0.39, 0.29) is 94.5 Å². The number of phenolic OH excluding ortho intramolecular Hbond substituents is 4. The maximum absolute atomic E-state index is 11.9. The molecule has 0 aliphatic carbocycles. The van der Waals surface area contributed by atoms with Crippen molar-refractivity contribution in [3.05, 3.63) is 115 Å². The Hall–Kier alpha value is -4.88. The predicted octanol–water partition coefficient (Wildman–Crippen LogP) is 8.74. The largest absolute Gasteiger partial charge is 0.506 e. The van der Waals surface area contributed by atoms with Gasteiger partial charge in [0.25, 0.3) is 0 Å². The van der Waals surface area contributed by atoms with Gasteiger partial charge in [0.05, 0.1) is 31.9 Å². The first-order valence-corrected chi connectivity index (χ1v) is 18.6. The van der Waals surface area contributed by atoms with Gasteiger partial charge in [-0.05, 0) is 121 Å². The lowest BCUT2D eigenvalue weighted by Gasteiger charge is -2.24. The van der Waals surface area contributed by atoms with Crippen molar-refractivity contribution in [3.8, 4) is 23.0 Å².